The molecule has 6 nitrogen and oxygen atoms in total. The highest BCUT2D eigenvalue weighted by Gasteiger charge is 2.51. The van der Waals surface area contributed by atoms with Gasteiger partial charge in [0.25, 0.3) is 5.91 Å². The molecule has 1 unspecified atom stereocenters. The van der Waals surface area contributed by atoms with Crippen LogP contribution >= 0.6 is 0 Å². The third kappa shape index (κ3) is 3.38. The van der Waals surface area contributed by atoms with E-state index >= 15 is 0 Å². The second-order valence-electron chi connectivity index (χ2n) is 7.79. The molecule has 0 bridgehead atoms. The van der Waals surface area contributed by atoms with Crippen LogP contribution in [0.15, 0.2) is 63.8 Å². The Morgan fingerprint density at radius 1 is 1.03 bits per heavy atom. The molecule has 1 saturated heterocycles. The van der Waals surface area contributed by atoms with Crippen molar-refractivity contribution in [3.05, 3.63) is 81.7 Å². The smallest absolute Gasteiger partial charge is 0.336 e. The van der Waals surface area contributed by atoms with Gasteiger partial charge in [0.1, 0.15) is 11.1 Å². The maximum atomic E-state index is 13.6. The zero-order valence-corrected chi connectivity index (χ0v) is 17.1. The van der Waals surface area contributed by atoms with Crippen molar-refractivity contribution < 1.29 is 14.0 Å². The Morgan fingerprint density at radius 3 is 2.53 bits per heavy atom. The number of unbranched alkanes of at least 4 members (excludes halogenated alkanes) is 1. The number of imide groups is 1. The van der Waals surface area contributed by atoms with Crippen molar-refractivity contribution in [1.29, 1.82) is 0 Å². The third-order valence-corrected chi connectivity index (χ3v) is 5.66. The van der Waals surface area contributed by atoms with E-state index in [1.165, 1.54) is 11.0 Å². The lowest BCUT2D eigenvalue weighted by atomic mass is 9.85. The highest BCUT2D eigenvalue weighted by Crippen LogP contribution is 2.35. The van der Waals surface area contributed by atoms with Crippen LogP contribution in [0, 0.1) is 6.92 Å². The molecule has 4 rings (SSSR count). The van der Waals surface area contributed by atoms with Gasteiger partial charge in [-0.2, -0.15) is 0 Å². The number of carbonyl (C=O) groups is 2. The molecule has 0 radical (unpaired) electrons. The maximum absolute atomic E-state index is 13.6. The predicted molar refractivity (Wildman–Crippen MR) is 114 cm³/mol. The monoisotopic (exact) mass is 404 g/mol. The molecule has 3 aromatic rings. The van der Waals surface area contributed by atoms with Gasteiger partial charge in [0, 0.05) is 11.5 Å². The summed E-state index contributed by atoms with van der Waals surface area (Å²) in [6.45, 7) is 3.97. The molecule has 0 aliphatic carbocycles. The number of nitrogens with one attached hydrogen (secondary N) is 1. The first-order valence-corrected chi connectivity index (χ1v) is 10.2. The van der Waals surface area contributed by atoms with E-state index in [1.54, 1.807) is 6.07 Å². The molecule has 6 heteroatoms. The molecule has 1 aliphatic heterocycles. The van der Waals surface area contributed by atoms with Crippen molar-refractivity contribution in [2.75, 3.05) is 0 Å². The van der Waals surface area contributed by atoms with Crippen LogP contribution in [-0.2, 0) is 16.9 Å². The second-order valence-corrected chi connectivity index (χ2v) is 7.79. The lowest BCUT2D eigenvalue weighted by Gasteiger charge is -2.27. The van der Waals surface area contributed by atoms with E-state index < -0.39 is 17.2 Å². The lowest BCUT2D eigenvalue weighted by Crippen LogP contribution is -2.44. The van der Waals surface area contributed by atoms with Crippen LogP contribution in [0.3, 0.4) is 0 Å². The Morgan fingerprint density at radius 2 is 1.80 bits per heavy atom. The number of benzene rings is 2. The first-order valence-electron chi connectivity index (χ1n) is 10.2. The average Bonchev–Trinajstić information content (AvgIpc) is 2.97. The van der Waals surface area contributed by atoms with E-state index in [-0.39, 0.29) is 12.5 Å². The van der Waals surface area contributed by atoms with Crippen molar-refractivity contribution in [1.82, 2.24) is 10.2 Å². The summed E-state index contributed by atoms with van der Waals surface area (Å²) in [7, 11) is 0. The summed E-state index contributed by atoms with van der Waals surface area (Å²) in [5.41, 5.74) is 1.18. The number of rotatable bonds is 6. The Bertz CT molecular complexity index is 1170. The van der Waals surface area contributed by atoms with Gasteiger partial charge in [-0.15, -0.1) is 0 Å². The van der Waals surface area contributed by atoms with Gasteiger partial charge in [-0.1, -0.05) is 62.2 Å². The molecule has 2 aromatic carbocycles. The molecule has 3 amide bonds. The largest absolute Gasteiger partial charge is 0.423 e. The van der Waals surface area contributed by atoms with E-state index in [0.717, 1.165) is 24.0 Å². The number of carbonyl (C=O) groups excluding carboxylic acids is 2. The summed E-state index contributed by atoms with van der Waals surface area (Å²) in [4.78, 5) is 39.8. The van der Waals surface area contributed by atoms with Crippen molar-refractivity contribution in [2.24, 2.45) is 0 Å². The number of amides is 3. The van der Waals surface area contributed by atoms with Gasteiger partial charge in [-0.25, -0.2) is 9.59 Å². The van der Waals surface area contributed by atoms with Crippen molar-refractivity contribution in [3.63, 3.8) is 0 Å². The van der Waals surface area contributed by atoms with Crippen LogP contribution < -0.4 is 10.9 Å². The van der Waals surface area contributed by atoms with Gasteiger partial charge in [-0.05, 0) is 36.1 Å². The van der Waals surface area contributed by atoms with Crippen LogP contribution in [0.25, 0.3) is 11.0 Å². The fourth-order valence-electron chi connectivity index (χ4n) is 4.08. The molecular weight excluding hydrogens is 380 g/mol. The molecule has 2 heterocycles. The number of hydrogen-bond donors (Lipinski definition) is 1. The fraction of sp³-hybridized carbons (Fsp3) is 0.292. The van der Waals surface area contributed by atoms with Gasteiger partial charge in [0.15, 0.2) is 0 Å². The standard InChI is InChI=1S/C24H24N2O4/c1-3-4-12-24(18-8-6-5-7-9-18)22(28)26(23(29)25-24)15-17-14-21(27)30-20-13-16(2)10-11-19(17)20/h5-11,13-14H,3-4,12,15H2,1-2H3,(H,25,29). The topological polar surface area (TPSA) is 79.6 Å². The van der Waals surface area contributed by atoms with E-state index in [4.69, 9.17) is 4.42 Å². The molecule has 0 saturated carbocycles. The Kier molecular flexibility index (Phi) is 5.16. The molecule has 1 fully saturated rings. The lowest BCUT2D eigenvalue weighted by molar-refractivity contribution is -0.132. The molecule has 1 N–H and O–H groups in total. The fourth-order valence-corrected chi connectivity index (χ4v) is 4.08. The van der Waals surface area contributed by atoms with Gasteiger partial charge in [0.05, 0.1) is 6.54 Å². The van der Waals surface area contributed by atoms with Crippen LogP contribution in [0.5, 0.6) is 0 Å². The van der Waals surface area contributed by atoms with Crippen LogP contribution in [0.1, 0.15) is 42.9 Å². The van der Waals surface area contributed by atoms with Crippen molar-refractivity contribution >= 4 is 22.9 Å². The number of fused-ring (bicyclic) bond motifs is 1. The summed E-state index contributed by atoms with van der Waals surface area (Å²) >= 11 is 0. The van der Waals surface area contributed by atoms with Gasteiger partial charge < -0.3 is 9.73 Å². The number of aryl methyl sites for hydroxylation is 1. The molecule has 1 aromatic heterocycles. The number of nitrogens with zero attached hydrogens (tertiary/aromatic N) is 1. The summed E-state index contributed by atoms with van der Waals surface area (Å²) in [5.74, 6) is -0.291. The molecule has 154 valence electrons. The quantitative estimate of drug-likeness (QED) is 0.492. The van der Waals surface area contributed by atoms with Crippen LogP contribution in [0.4, 0.5) is 4.79 Å². The highest BCUT2D eigenvalue weighted by atomic mass is 16.4. The summed E-state index contributed by atoms with van der Waals surface area (Å²) in [6.07, 6.45) is 2.22. The Labute approximate surface area is 174 Å². The predicted octanol–water partition coefficient (Wildman–Crippen LogP) is 4.24. The minimum Gasteiger partial charge on any atom is -0.423 e. The summed E-state index contributed by atoms with van der Waals surface area (Å²) < 4.78 is 5.31. The Balaban J connectivity index is 1.74. The Hall–Kier alpha value is -3.41. The average molecular weight is 404 g/mol. The molecular formula is C24H24N2O4. The normalized spacial score (nSPS) is 18.8. The SMILES string of the molecule is CCCCC1(c2ccccc2)NC(=O)N(Cc2cc(=O)oc3cc(C)ccc23)C1=O. The maximum Gasteiger partial charge on any atom is 0.336 e. The summed E-state index contributed by atoms with van der Waals surface area (Å²) in [6, 6.07) is 15.8. The molecule has 1 atom stereocenters. The number of hydrogen-bond acceptors (Lipinski definition) is 4. The summed E-state index contributed by atoms with van der Waals surface area (Å²) in [5, 5.41) is 3.66. The molecule has 1 aliphatic rings. The molecule has 0 spiro atoms. The van der Waals surface area contributed by atoms with E-state index in [0.29, 0.717) is 23.0 Å². The van der Waals surface area contributed by atoms with E-state index in [1.807, 2.05) is 49.4 Å². The third-order valence-electron chi connectivity index (χ3n) is 5.66. The van der Waals surface area contributed by atoms with Gasteiger partial charge in [0.2, 0.25) is 0 Å². The minimum absolute atomic E-state index is 0.0105. The highest BCUT2D eigenvalue weighted by molar-refractivity contribution is 6.07. The zero-order chi connectivity index (χ0) is 21.3. The number of urea groups is 1. The minimum atomic E-state index is -1.08. The molecule has 30 heavy (non-hydrogen) atoms. The first kappa shape index (κ1) is 19.9. The van der Waals surface area contributed by atoms with Crippen LogP contribution in [-0.4, -0.2) is 16.8 Å². The van der Waals surface area contributed by atoms with E-state index in [9.17, 15) is 14.4 Å². The van der Waals surface area contributed by atoms with Crippen LogP contribution in [0.2, 0.25) is 0 Å². The van der Waals surface area contributed by atoms with Gasteiger partial charge >= 0.3 is 11.7 Å². The van der Waals surface area contributed by atoms with Crippen molar-refractivity contribution in [3.8, 4) is 0 Å². The van der Waals surface area contributed by atoms with Crippen molar-refractivity contribution in [2.45, 2.75) is 45.2 Å². The van der Waals surface area contributed by atoms with Gasteiger partial charge in [-0.3, -0.25) is 9.69 Å². The second kappa shape index (κ2) is 7.78. The first-order chi connectivity index (χ1) is 14.4. The zero-order valence-electron chi connectivity index (χ0n) is 17.1. The van der Waals surface area contributed by atoms with E-state index in [2.05, 4.69) is 12.2 Å².